The Bertz CT molecular complexity index is 1860. The number of benzene rings is 4. The lowest BCUT2D eigenvalue weighted by Crippen LogP contribution is -2.37. The molecule has 0 aliphatic carbocycles. The molecular formula is C44H50N4O10S2. The van der Waals surface area contributed by atoms with Crippen LogP contribution in [0.3, 0.4) is 0 Å². The Labute approximate surface area is 357 Å². The Morgan fingerprint density at radius 2 is 0.867 bits per heavy atom. The lowest BCUT2D eigenvalue weighted by atomic mass is 10.1. The molecule has 318 valence electrons. The van der Waals surface area contributed by atoms with Gasteiger partial charge in [0.2, 0.25) is 0 Å². The molecule has 0 bridgehead atoms. The third kappa shape index (κ3) is 17.9. The Kier molecular flexibility index (Phi) is 20.4. The zero-order chi connectivity index (χ0) is 43.0. The van der Waals surface area contributed by atoms with Gasteiger partial charge in [-0.25, -0.2) is 9.59 Å². The van der Waals surface area contributed by atoms with Gasteiger partial charge in [0.15, 0.2) is 0 Å². The van der Waals surface area contributed by atoms with Crippen molar-refractivity contribution in [1.82, 2.24) is 21.3 Å². The van der Waals surface area contributed by atoms with Crippen molar-refractivity contribution in [2.45, 2.75) is 86.5 Å². The van der Waals surface area contributed by atoms with Gasteiger partial charge in [0, 0.05) is 35.0 Å². The van der Waals surface area contributed by atoms with Crippen LogP contribution < -0.4 is 21.3 Å². The smallest absolute Gasteiger partial charge is 0.407 e. The molecule has 14 nitrogen and oxygen atoms in total. The highest BCUT2D eigenvalue weighted by Crippen LogP contribution is 2.40. The highest BCUT2D eigenvalue weighted by molar-refractivity contribution is 8.76. The van der Waals surface area contributed by atoms with Crippen LogP contribution >= 0.6 is 21.6 Å². The van der Waals surface area contributed by atoms with Gasteiger partial charge in [0.25, 0.3) is 11.8 Å². The fourth-order valence-electron chi connectivity index (χ4n) is 5.90. The summed E-state index contributed by atoms with van der Waals surface area (Å²) in [6.45, 7) is 0.941. The van der Waals surface area contributed by atoms with E-state index in [2.05, 4.69) is 21.3 Å². The Morgan fingerprint density at radius 1 is 0.500 bits per heavy atom. The normalized spacial score (nSPS) is 11.7. The largest absolute Gasteiger partial charge is 0.481 e. The van der Waals surface area contributed by atoms with E-state index in [1.54, 1.807) is 48.5 Å². The lowest BCUT2D eigenvalue weighted by molar-refractivity contribution is -0.138. The summed E-state index contributed by atoms with van der Waals surface area (Å²) < 4.78 is 10.4. The number of hydrogen-bond acceptors (Lipinski definition) is 10. The van der Waals surface area contributed by atoms with Gasteiger partial charge in [-0.05, 0) is 73.9 Å². The summed E-state index contributed by atoms with van der Waals surface area (Å²) in [7, 11) is 2.51. The van der Waals surface area contributed by atoms with Crippen molar-refractivity contribution in [1.29, 1.82) is 0 Å². The van der Waals surface area contributed by atoms with Crippen molar-refractivity contribution in [3.8, 4) is 0 Å². The van der Waals surface area contributed by atoms with Crippen molar-refractivity contribution >= 4 is 57.5 Å². The second-order valence-electron chi connectivity index (χ2n) is 13.7. The molecule has 0 fully saturated rings. The van der Waals surface area contributed by atoms with Crippen molar-refractivity contribution in [2.75, 3.05) is 13.1 Å². The van der Waals surface area contributed by atoms with E-state index in [1.807, 2.05) is 60.7 Å². The van der Waals surface area contributed by atoms with Crippen LogP contribution in [0.25, 0.3) is 0 Å². The van der Waals surface area contributed by atoms with Crippen LogP contribution in [0.2, 0.25) is 0 Å². The third-order valence-corrected chi connectivity index (χ3v) is 11.4. The molecule has 0 saturated heterocycles. The predicted octanol–water partition coefficient (Wildman–Crippen LogP) is 7.83. The number of nitrogens with one attached hydrogen (secondary N) is 4. The minimum absolute atomic E-state index is 0.146. The first kappa shape index (κ1) is 46.7. The minimum Gasteiger partial charge on any atom is -0.481 e. The zero-order valence-electron chi connectivity index (χ0n) is 33.0. The first-order chi connectivity index (χ1) is 29.1. The molecule has 16 heteroatoms. The van der Waals surface area contributed by atoms with Crippen molar-refractivity contribution in [3.05, 3.63) is 131 Å². The molecule has 0 saturated carbocycles. The third-order valence-electron chi connectivity index (χ3n) is 8.92. The number of hydrogen-bond donors (Lipinski definition) is 6. The molecule has 4 aromatic carbocycles. The summed E-state index contributed by atoms with van der Waals surface area (Å²) in [5.74, 6) is -3.02. The summed E-state index contributed by atoms with van der Waals surface area (Å²) >= 11 is 0. The summed E-state index contributed by atoms with van der Waals surface area (Å²) in [5, 5.41) is 30.2. The minimum atomic E-state index is -1.06. The second kappa shape index (κ2) is 26.2. The molecule has 0 radical (unpaired) electrons. The summed E-state index contributed by atoms with van der Waals surface area (Å²) in [5.41, 5.74) is 2.39. The molecule has 6 N–H and O–H groups in total. The predicted molar refractivity (Wildman–Crippen MR) is 229 cm³/mol. The molecule has 4 rings (SSSR count). The average molecular weight is 859 g/mol. The van der Waals surface area contributed by atoms with Gasteiger partial charge in [0.05, 0.1) is 24.0 Å². The van der Waals surface area contributed by atoms with Crippen LogP contribution in [0, 0.1) is 0 Å². The number of carbonyl (C=O) groups excluding carboxylic acids is 4. The molecular weight excluding hydrogens is 809 g/mol. The number of rotatable bonds is 25. The number of unbranched alkanes of at least 4 members (excludes halogenated alkanes) is 2. The van der Waals surface area contributed by atoms with E-state index >= 15 is 0 Å². The van der Waals surface area contributed by atoms with Gasteiger partial charge in [-0.3, -0.25) is 19.2 Å². The Balaban J connectivity index is 1.25. The maximum absolute atomic E-state index is 13.5. The number of carbonyl (C=O) groups is 6. The van der Waals surface area contributed by atoms with Gasteiger partial charge < -0.3 is 41.0 Å². The quantitative estimate of drug-likeness (QED) is 0.0278. The first-order valence-corrected chi connectivity index (χ1v) is 21.7. The molecule has 4 amide bonds. The number of ether oxygens (including phenoxy) is 2. The topological polar surface area (TPSA) is 209 Å². The molecule has 0 aliphatic heterocycles. The van der Waals surface area contributed by atoms with Crippen molar-refractivity contribution in [2.24, 2.45) is 0 Å². The molecule has 2 atom stereocenters. The molecule has 0 spiro atoms. The molecule has 60 heavy (non-hydrogen) atoms. The van der Waals surface area contributed by atoms with E-state index in [0.29, 0.717) is 72.5 Å². The Morgan fingerprint density at radius 3 is 1.25 bits per heavy atom. The van der Waals surface area contributed by atoms with E-state index in [9.17, 15) is 39.0 Å². The maximum atomic E-state index is 13.5. The highest BCUT2D eigenvalue weighted by Gasteiger charge is 2.22. The number of amides is 4. The van der Waals surface area contributed by atoms with Crippen molar-refractivity contribution < 1.29 is 48.5 Å². The molecule has 0 heterocycles. The van der Waals surface area contributed by atoms with E-state index in [4.69, 9.17) is 9.47 Å². The monoisotopic (exact) mass is 858 g/mol. The van der Waals surface area contributed by atoms with Crippen LogP contribution in [0.15, 0.2) is 119 Å². The first-order valence-electron chi connectivity index (χ1n) is 19.5. The van der Waals surface area contributed by atoms with E-state index < -0.39 is 48.0 Å². The number of carboxylic acids is 2. The highest BCUT2D eigenvalue weighted by atomic mass is 33.1. The molecule has 0 aromatic heterocycles. The molecule has 0 aliphatic rings. The van der Waals surface area contributed by atoms with Gasteiger partial charge in [-0.1, -0.05) is 107 Å². The van der Waals surface area contributed by atoms with Gasteiger partial charge in [-0.2, -0.15) is 0 Å². The molecule has 4 aromatic rings. The standard InChI is InChI=1S/C44H50N4O10S2/c49-39(50)27-33(19-11-13-25-45-43(55)57-29-31-15-3-1-4-16-31)47-41(53)35-21-7-9-23-37(35)59-60-38-24-10-8-22-36(38)42(54)48-34(28-40(51)52)20-12-14-26-46-44(56)58-30-32-17-5-2-6-18-32/h1-10,15-18,21-24,33-34H,11-14,19-20,25-30H2,(H,45,55)(H,46,56)(H,47,53)(H,48,54)(H,49,50)(H,51,52)/t33-,34-/m0/s1. The summed E-state index contributed by atoms with van der Waals surface area (Å²) in [4.78, 5) is 75.7. The SMILES string of the molecule is O=C(O)C[C@H](CCCCNC(=O)OCc1ccccc1)NC(=O)c1ccccc1SSc1ccccc1C(=O)N[C@@H](CCCCNC(=O)OCc1ccccc1)CC(=O)O. The van der Waals surface area contributed by atoms with Crippen LogP contribution in [0.1, 0.15) is 83.2 Å². The van der Waals surface area contributed by atoms with E-state index in [-0.39, 0.29) is 26.1 Å². The second-order valence-corrected chi connectivity index (χ2v) is 15.9. The van der Waals surface area contributed by atoms with Gasteiger partial charge >= 0.3 is 24.1 Å². The average Bonchev–Trinajstić information content (AvgIpc) is 3.24. The Hall–Kier alpha value is -6.00. The van der Waals surface area contributed by atoms with Crippen molar-refractivity contribution in [3.63, 3.8) is 0 Å². The maximum Gasteiger partial charge on any atom is 0.407 e. The zero-order valence-corrected chi connectivity index (χ0v) is 34.6. The van der Waals surface area contributed by atoms with Gasteiger partial charge in [0.1, 0.15) is 13.2 Å². The lowest BCUT2D eigenvalue weighted by Gasteiger charge is -2.19. The fourth-order valence-corrected chi connectivity index (χ4v) is 8.26. The summed E-state index contributed by atoms with van der Waals surface area (Å²) in [6, 6.07) is 31.0. The summed E-state index contributed by atoms with van der Waals surface area (Å²) in [6.07, 6.45) is 1.24. The molecule has 0 unspecified atom stereocenters. The number of carboxylic acid groups (broad SMARTS) is 2. The number of aliphatic carboxylic acids is 2. The van der Waals surface area contributed by atoms with Crippen LogP contribution in [-0.4, -0.2) is 71.3 Å². The van der Waals surface area contributed by atoms with E-state index in [1.165, 1.54) is 21.6 Å². The van der Waals surface area contributed by atoms with Gasteiger partial charge in [-0.15, -0.1) is 0 Å². The van der Waals surface area contributed by atoms with E-state index in [0.717, 1.165) is 11.1 Å². The fraction of sp³-hybridized carbons (Fsp3) is 0.318. The van der Waals surface area contributed by atoms with Crippen LogP contribution in [0.5, 0.6) is 0 Å². The van der Waals surface area contributed by atoms with Crippen LogP contribution in [0.4, 0.5) is 9.59 Å². The van der Waals surface area contributed by atoms with Crippen LogP contribution in [-0.2, 0) is 32.3 Å². The number of alkyl carbamates (subject to hydrolysis) is 2.